The molecule has 2 rings (SSSR count). The van der Waals surface area contributed by atoms with E-state index in [0.29, 0.717) is 17.8 Å². The predicted molar refractivity (Wildman–Crippen MR) is 114 cm³/mol. The Hall–Kier alpha value is -1.59. The summed E-state index contributed by atoms with van der Waals surface area (Å²) in [4.78, 5) is 24.8. The van der Waals surface area contributed by atoms with Crippen molar-refractivity contribution in [3.05, 3.63) is 35.9 Å². The van der Waals surface area contributed by atoms with Crippen molar-refractivity contribution >= 4 is 24.3 Å². The van der Waals surface area contributed by atoms with Crippen LogP contribution in [0.1, 0.15) is 65.0 Å². The molecule has 5 atom stereocenters. The van der Waals surface area contributed by atoms with Gasteiger partial charge in [0.1, 0.15) is 6.10 Å². The van der Waals surface area contributed by atoms with Gasteiger partial charge in [0.15, 0.2) is 0 Å². The topological polar surface area (TPSA) is 81.4 Å². The van der Waals surface area contributed by atoms with Gasteiger partial charge in [-0.15, -0.1) is 12.4 Å². The van der Waals surface area contributed by atoms with Gasteiger partial charge in [0.05, 0.1) is 18.5 Å². The highest BCUT2D eigenvalue weighted by molar-refractivity contribution is 5.85. The monoisotopic (exact) mass is 410 g/mol. The molecule has 1 aromatic rings. The van der Waals surface area contributed by atoms with Crippen LogP contribution < -0.4 is 11.1 Å². The van der Waals surface area contributed by atoms with E-state index in [2.05, 4.69) is 26.1 Å². The fourth-order valence-corrected chi connectivity index (χ4v) is 3.87. The SMILES string of the molecule is CC(C)[C@@H]1CC[C@@H](C)C[C@H]1OC(=O)C[C@@H](NC(=O)[C@H](C)N)c1ccccc1.Cl. The molecule has 0 radical (unpaired) electrons. The molecule has 1 amide bonds. The molecule has 0 unspecified atom stereocenters. The Kier molecular flexibility index (Phi) is 9.97. The Labute approximate surface area is 175 Å². The van der Waals surface area contributed by atoms with E-state index in [1.165, 1.54) is 6.42 Å². The summed E-state index contributed by atoms with van der Waals surface area (Å²) in [6, 6.07) is 8.43. The minimum absolute atomic E-state index is 0. The first-order valence-corrected chi connectivity index (χ1v) is 10.1. The van der Waals surface area contributed by atoms with Gasteiger partial charge in [0.2, 0.25) is 5.91 Å². The zero-order valence-corrected chi connectivity index (χ0v) is 18.2. The molecule has 3 N–H and O–H groups in total. The Morgan fingerprint density at radius 1 is 1.18 bits per heavy atom. The van der Waals surface area contributed by atoms with Crippen molar-refractivity contribution in [1.29, 1.82) is 0 Å². The number of nitrogens with two attached hydrogens (primary N) is 1. The second-order valence-corrected chi connectivity index (χ2v) is 8.32. The van der Waals surface area contributed by atoms with Gasteiger partial charge < -0.3 is 15.8 Å². The number of amides is 1. The lowest BCUT2D eigenvalue weighted by molar-refractivity contribution is -0.156. The van der Waals surface area contributed by atoms with E-state index in [0.717, 1.165) is 18.4 Å². The molecule has 1 saturated carbocycles. The lowest BCUT2D eigenvalue weighted by Gasteiger charge is -2.37. The molecule has 1 fully saturated rings. The van der Waals surface area contributed by atoms with E-state index in [4.69, 9.17) is 10.5 Å². The second kappa shape index (κ2) is 11.4. The predicted octanol–water partition coefficient (Wildman–Crippen LogP) is 4.01. The molecule has 0 aromatic heterocycles. The molecule has 0 heterocycles. The molecule has 1 aliphatic rings. The zero-order valence-electron chi connectivity index (χ0n) is 17.4. The first-order valence-electron chi connectivity index (χ1n) is 10.1. The molecular weight excluding hydrogens is 376 g/mol. The molecule has 28 heavy (non-hydrogen) atoms. The van der Waals surface area contributed by atoms with Gasteiger partial charge in [-0.25, -0.2) is 0 Å². The average Bonchev–Trinajstić information content (AvgIpc) is 2.61. The van der Waals surface area contributed by atoms with Gasteiger partial charge in [0.25, 0.3) is 0 Å². The molecule has 0 saturated heterocycles. The number of hydrogen-bond acceptors (Lipinski definition) is 4. The molecule has 0 aliphatic heterocycles. The highest BCUT2D eigenvalue weighted by Crippen LogP contribution is 2.35. The number of carbonyl (C=O) groups is 2. The van der Waals surface area contributed by atoms with Crippen LogP contribution in [0.25, 0.3) is 0 Å². The van der Waals surface area contributed by atoms with E-state index in [9.17, 15) is 9.59 Å². The highest BCUT2D eigenvalue weighted by Gasteiger charge is 2.34. The molecule has 5 nitrogen and oxygen atoms in total. The van der Waals surface area contributed by atoms with Crippen LogP contribution in [0.15, 0.2) is 30.3 Å². The molecule has 1 aromatic carbocycles. The number of esters is 1. The molecule has 6 heteroatoms. The van der Waals surface area contributed by atoms with Crippen molar-refractivity contribution in [2.45, 2.75) is 71.6 Å². The Morgan fingerprint density at radius 3 is 2.39 bits per heavy atom. The van der Waals surface area contributed by atoms with E-state index in [-0.39, 0.29) is 36.8 Å². The number of nitrogens with one attached hydrogen (secondary N) is 1. The first-order chi connectivity index (χ1) is 12.8. The van der Waals surface area contributed by atoms with Gasteiger partial charge in [-0.3, -0.25) is 9.59 Å². The lowest BCUT2D eigenvalue weighted by Crippen LogP contribution is -2.41. The Balaban J connectivity index is 0.00000392. The third kappa shape index (κ3) is 7.10. The number of benzene rings is 1. The molecule has 0 spiro atoms. The van der Waals surface area contributed by atoms with Crippen LogP contribution in [-0.4, -0.2) is 24.0 Å². The molecule has 158 valence electrons. The van der Waals surface area contributed by atoms with Crippen LogP contribution in [0.2, 0.25) is 0 Å². The smallest absolute Gasteiger partial charge is 0.308 e. The van der Waals surface area contributed by atoms with Gasteiger partial charge in [0, 0.05) is 0 Å². The van der Waals surface area contributed by atoms with Crippen LogP contribution in [-0.2, 0) is 14.3 Å². The fraction of sp³-hybridized carbons (Fsp3) is 0.636. The summed E-state index contributed by atoms with van der Waals surface area (Å²) in [5.74, 6) is 0.916. The van der Waals surface area contributed by atoms with Crippen LogP contribution in [0.4, 0.5) is 0 Å². The summed E-state index contributed by atoms with van der Waals surface area (Å²) in [7, 11) is 0. The van der Waals surface area contributed by atoms with Crippen LogP contribution in [0, 0.1) is 17.8 Å². The summed E-state index contributed by atoms with van der Waals surface area (Å²) >= 11 is 0. The quantitative estimate of drug-likeness (QED) is 0.665. The first kappa shape index (κ1) is 24.4. The minimum atomic E-state index is -0.628. The normalized spacial score (nSPS) is 24.0. The van der Waals surface area contributed by atoms with Gasteiger partial charge in [-0.05, 0) is 43.1 Å². The highest BCUT2D eigenvalue weighted by atomic mass is 35.5. The van der Waals surface area contributed by atoms with Crippen molar-refractivity contribution in [3.8, 4) is 0 Å². The maximum absolute atomic E-state index is 12.7. The zero-order chi connectivity index (χ0) is 20.0. The summed E-state index contributed by atoms with van der Waals surface area (Å²) in [6.45, 7) is 8.23. The summed E-state index contributed by atoms with van der Waals surface area (Å²) < 4.78 is 5.91. The van der Waals surface area contributed by atoms with Crippen molar-refractivity contribution in [2.24, 2.45) is 23.5 Å². The van der Waals surface area contributed by atoms with Crippen molar-refractivity contribution in [3.63, 3.8) is 0 Å². The van der Waals surface area contributed by atoms with E-state index in [1.54, 1.807) is 6.92 Å². The van der Waals surface area contributed by atoms with Gasteiger partial charge in [-0.2, -0.15) is 0 Å². The number of halogens is 1. The number of ether oxygens (including phenoxy) is 1. The van der Waals surface area contributed by atoms with E-state index < -0.39 is 12.1 Å². The summed E-state index contributed by atoms with van der Waals surface area (Å²) in [5.41, 5.74) is 6.56. The Bertz CT molecular complexity index is 621. The lowest BCUT2D eigenvalue weighted by atomic mass is 9.75. The van der Waals surface area contributed by atoms with Crippen LogP contribution in [0.3, 0.4) is 0 Å². The molecular formula is C22H35ClN2O3. The minimum Gasteiger partial charge on any atom is -0.462 e. The summed E-state index contributed by atoms with van der Waals surface area (Å²) in [5, 5.41) is 2.88. The van der Waals surface area contributed by atoms with Gasteiger partial charge in [-0.1, -0.05) is 57.5 Å². The third-order valence-electron chi connectivity index (χ3n) is 5.55. The number of hydrogen-bond donors (Lipinski definition) is 2. The van der Waals surface area contributed by atoms with Crippen molar-refractivity contribution < 1.29 is 14.3 Å². The third-order valence-corrected chi connectivity index (χ3v) is 5.55. The largest absolute Gasteiger partial charge is 0.462 e. The number of rotatable bonds is 7. The standard InChI is InChI=1S/C22H34N2O3.ClH/c1-14(2)18-11-10-15(3)12-20(18)27-21(25)13-19(24-22(26)16(4)23)17-8-6-5-7-9-17;/h5-9,14-16,18-20H,10-13,23H2,1-4H3,(H,24,26);1H/t15-,16+,18+,19-,20-;/m1./s1. The van der Waals surface area contributed by atoms with Crippen LogP contribution in [0.5, 0.6) is 0 Å². The fourth-order valence-electron chi connectivity index (χ4n) is 3.87. The maximum Gasteiger partial charge on any atom is 0.308 e. The Morgan fingerprint density at radius 2 is 1.82 bits per heavy atom. The maximum atomic E-state index is 12.7. The second-order valence-electron chi connectivity index (χ2n) is 8.32. The van der Waals surface area contributed by atoms with E-state index >= 15 is 0 Å². The van der Waals surface area contributed by atoms with Crippen molar-refractivity contribution in [2.75, 3.05) is 0 Å². The van der Waals surface area contributed by atoms with E-state index in [1.807, 2.05) is 30.3 Å². The van der Waals surface area contributed by atoms with Crippen LogP contribution >= 0.6 is 12.4 Å². The van der Waals surface area contributed by atoms with Gasteiger partial charge >= 0.3 is 5.97 Å². The molecule has 1 aliphatic carbocycles. The van der Waals surface area contributed by atoms with Crippen molar-refractivity contribution in [1.82, 2.24) is 5.32 Å². The average molecular weight is 411 g/mol. The summed E-state index contributed by atoms with van der Waals surface area (Å²) in [6.07, 6.45) is 3.27. The number of carbonyl (C=O) groups excluding carboxylic acids is 2. The molecule has 0 bridgehead atoms.